The van der Waals surface area contributed by atoms with Crippen LogP contribution < -0.4 is 0 Å². The van der Waals surface area contributed by atoms with Gasteiger partial charge >= 0.3 is 0 Å². The molecule has 1 aliphatic carbocycles. The van der Waals surface area contributed by atoms with Gasteiger partial charge in [0.25, 0.3) is 0 Å². The van der Waals surface area contributed by atoms with E-state index < -0.39 is 0 Å². The third-order valence-corrected chi connectivity index (χ3v) is 4.80. The van der Waals surface area contributed by atoms with E-state index >= 15 is 0 Å². The molecule has 2 unspecified atom stereocenters. The summed E-state index contributed by atoms with van der Waals surface area (Å²) in [4.78, 5) is 0. The molecule has 1 saturated carbocycles. The highest BCUT2D eigenvalue weighted by atomic mass is 79.9. The Morgan fingerprint density at radius 3 is 2.19 bits per heavy atom. The van der Waals surface area contributed by atoms with Crippen molar-refractivity contribution >= 4 is 15.9 Å². The summed E-state index contributed by atoms with van der Waals surface area (Å²) in [6.45, 7) is 11.1. The molecular weight excluding hydrogens is 260 g/mol. The lowest BCUT2D eigenvalue weighted by Crippen LogP contribution is -2.10. The first-order valence-corrected chi connectivity index (χ1v) is 7.04. The van der Waals surface area contributed by atoms with Crippen LogP contribution in [0, 0.1) is 17.8 Å². The largest absolute Gasteiger partial charge is 0.0944 e. The summed E-state index contributed by atoms with van der Waals surface area (Å²) in [5.41, 5.74) is 2.99. The van der Waals surface area contributed by atoms with E-state index in [0.717, 1.165) is 11.8 Å². The maximum Gasteiger partial charge on any atom is 0.0944 e. The Bertz CT molecular complexity index is 293. The van der Waals surface area contributed by atoms with E-state index in [1.807, 2.05) is 0 Å². The Kier molecular flexibility index (Phi) is 5.17. The topological polar surface area (TPSA) is 0 Å². The van der Waals surface area contributed by atoms with Crippen LogP contribution >= 0.6 is 15.9 Å². The summed E-state index contributed by atoms with van der Waals surface area (Å²) in [5, 5.41) is 0. The molecule has 0 aromatic carbocycles. The number of hydrogen-bond acceptors (Lipinski definition) is 0. The zero-order valence-electron chi connectivity index (χ0n) is 11.2. The maximum absolute atomic E-state index is 3.79. The standard InChI is InChI=1S/C15H24Br/c1-10(2)9-12(5)13-7-6-8-14(13)15(16)11(3)4/h9,13-14H,6-8H2,1-5H3/q+1/b12-9-. The maximum atomic E-state index is 3.79. The molecule has 0 aliphatic heterocycles. The summed E-state index contributed by atoms with van der Waals surface area (Å²) < 4.78 is 1.44. The van der Waals surface area contributed by atoms with Crippen LogP contribution in [-0.2, 0) is 0 Å². The van der Waals surface area contributed by atoms with Crippen molar-refractivity contribution in [2.24, 2.45) is 11.8 Å². The Morgan fingerprint density at radius 1 is 1.12 bits per heavy atom. The van der Waals surface area contributed by atoms with E-state index in [1.54, 1.807) is 5.57 Å². The van der Waals surface area contributed by atoms with E-state index in [4.69, 9.17) is 0 Å². The van der Waals surface area contributed by atoms with Gasteiger partial charge in [0.2, 0.25) is 0 Å². The van der Waals surface area contributed by atoms with Crippen LogP contribution in [0.3, 0.4) is 0 Å². The highest BCUT2D eigenvalue weighted by molar-refractivity contribution is 9.11. The normalized spacial score (nSPS) is 25.8. The SMILES string of the molecule is CC(C)=C(Br)C1CCCC1/C(C)=C\[C+](C)C. The second-order valence-corrected chi connectivity index (χ2v) is 6.31. The van der Waals surface area contributed by atoms with Gasteiger partial charge in [-0.25, -0.2) is 0 Å². The first kappa shape index (κ1) is 13.9. The van der Waals surface area contributed by atoms with Gasteiger partial charge in [0.05, 0.1) is 17.6 Å². The van der Waals surface area contributed by atoms with Gasteiger partial charge in [-0.1, -0.05) is 27.9 Å². The average Bonchev–Trinajstić information content (AvgIpc) is 2.63. The minimum absolute atomic E-state index is 0.723. The van der Waals surface area contributed by atoms with E-state index in [0.29, 0.717) is 0 Å². The summed E-state index contributed by atoms with van der Waals surface area (Å²) in [7, 11) is 0. The van der Waals surface area contributed by atoms with Crippen LogP contribution in [0.15, 0.2) is 21.7 Å². The van der Waals surface area contributed by atoms with Crippen molar-refractivity contribution in [1.29, 1.82) is 0 Å². The molecule has 0 N–H and O–H groups in total. The molecule has 0 spiro atoms. The van der Waals surface area contributed by atoms with Crippen molar-refractivity contribution in [3.63, 3.8) is 0 Å². The predicted octanol–water partition coefficient (Wildman–Crippen LogP) is 5.65. The smallest absolute Gasteiger partial charge is 0.0659 e. The molecule has 16 heavy (non-hydrogen) atoms. The summed E-state index contributed by atoms with van der Waals surface area (Å²) in [6, 6.07) is 0. The van der Waals surface area contributed by atoms with Gasteiger partial charge in [0, 0.05) is 32.6 Å². The molecule has 1 rings (SSSR count). The van der Waals surface area contributed by atoms with Gasteiger partial charge in [-0.2, -0.15) is 0 Å². The fourth-order valence-corrected chi connectivity index (χ4v) is 3.29. The van der Waals surface area contributed by atoms with Crippen molar-refractivity contribution in [2.45, 2.75) is 53.9 Å². The number of hydrogen-bond donors (Lipinski definition) is 0. The Labute approximate surface area is 109 Å². The molecule has 0 aromatic rings. The fraction of sp³-hybridized carbons (Fsp3) is 0.667. The van der Waals surface area contributed by atoms with Gasteiger partial charge in [0.15, 0.2) is 0 Å². The van der Waals surface area contributed by atoms with Crippen LogP contribution in [0.1, 0.15) is 53.9 Å². The van der Waals surface area contributed by atoms with Crippen molar-refractivity contribution in [3.8, 4) is 0 Å². The van der Waals surface area contributed by atoms with Crippen molar-refractivity contribution in [1.82, 2.24) is 0 Å². The lowest BCUT2D eigenvalue weighted by atomic mass is 9.87. The molecule has 90 valence electrons. The average molecular weight is 284 g/mol. The third kappa shape index (κ3) is 3.41. The molecule has 0 amide bonds. The van der Waals surface area contributed by atoms with Crippen LogP contribution in [0.5, 0.6) is 0 Å². The first-order chi connectivity index (χ1) is 7.43. The van der Waals surface area contributed by atoms with Gasteiger partial charge < -0.3 is 0 Å². The van der Waals surface area contributed by atoms with E-state index in [1.165, 1.54) is 35.2 Å². The van der Waals surface area contributed by atoms with E-state index in [-0.39, 0.29) is 0 Å². The lowest BCUT2D eigenvalue weighted by molar-refractivity contribution is 0.520. The molecule has 0 nitrogen and oxygen atoms in total. The van der Waals surface area contributed by atoms with Gasteiger partial charge in [-0.3, -0.25) is 0 Å². The first-order valence-electron chi connectivity index (χ1n) is 6.24. The Morgan fingerprint density at radius 2 is 1.69 bits per heavy atom. The third-order valence-electron chi connectivity index (χ3n) is 3.42. The van der Waals surface area contributed by atoms with E-state index in [9.17, 15) is 0 Å². The molecule has 0 bridgehead atoms. The number of rotatable bonds is 3. The van der Waals surface area contributed by atoms with Gasteiger partial charge in [-0.05, 0) is 31.2 Å². The molecule has 1 aliphatic rings. The van der Waals surface area contributed by atoms with E-state index in [2.05, 4.69) is 56.6 Å². The second-order valence-electron chi connectivity index (χ2n) is 5.46. The molecular formula is C15H24Br+. The molecule has 0 aromatic heterocycles. The molecule has 0 saturated heterocycles. The molecule has 0 radical (unpaired) electrons. The van der Waals surface area contributed by atoms with Crippen molar-refractivity contribution in [3.05, 3.63) is 27.6 Å². The molecule has 1 heteroatoms. The summed E-state index contributed by atoms with van der Waals surface area (Å²) >= 11 is 3.79. The monoisotopic (exact) mass is 283 g/mol. The number of allylic oxidation sites excluding steroid dienone is 4. The van der Waals surface area contributed by atoms with Crippen LogP contribution in [0.25, 0.3) is 0 Å². The Balaban J connectivity index is 2.85. The highest BCUT2D eigenvalue weighted by Gasteiger charge is 2.34. The molecule has 1 fully saturated rings. The quantitative estimate of drug-likeness (QED) is 0.587. The minimum atomic E-state index is 0.723. The minimum Gasteiger partial charge on any atom is -0.0659 e. The van der Waals surface area contributed by atoms with Crippen LogP contribution in [0.4, 0.5) is 0 Å². The van der Waals surface area contributed by atoms with Crippen LogP contribution in [-0.4, -0.2) is 0 Å². The highest BCUT2D eigenvalue weighted by Crippen LogP contribution is 2.44. The van der Waals surface area contributed by atoms with Crippen LogP contribution in [0.2, 0.25) is 0 Å². The van der Waals surface area contributed by atoms with Crippen molar-refractivity contribution in [2.75, 3.05) is 0 Å². The Hall–Kier alpha value is -0.170. The molecule has 2 atom stereocenters. The summed E-state index contributed by atoms with van der Waals surface area (Å²) in [5.74, 6) is 2.89. The predicted molar refractivity (Wildman–Crippen MR) is 76.5 cm³/mol. The van der Waals surface area contributed by atoms with Crippen molar-refractivity contribution < 1.29 is 0 Å². The van der Waals surface area contributed by atoms with Gasteiger partial charge in [0.1, 0.15) is 0 Å². The molecule has 0 heterocycles. The fourth-order valence-electron chi connectivity index (χ4n) is 2.74. The second kappa shape index (κ2) is 5.95. The number of halogens is 1. The zero-order valence-corrected chi connectivity index (χ0v) is 12.8. The zero-order chi connectivity index (χ0) is 12.3. The summed E-state index contributed by atoms with van der Waals surface area (Å²) in [6.07, 6.45) is 6.41. The van der Waals surface area contributed by atoms with Gasteiger partial charge in [-0.15, -0.1) is 0 Å². The lowest BCUT2D eigenvalue weighted by Gasteiger charge is -2.17.